The molecule has 0 radical (unpaired) electrons. The molecule has 0 fully saturated rings. The van der Waals surface area contributed by atoms with E-state index in [1.54, 1.807) is 4.40 Å². The average Bonchev–Trinajstić information content (AvgIpc) is 2.75. The van der Waals surface area contributed by atoms with Crippen LogP contribution in [-0.4, -0.2) is 9.51 Å². The highest BCUT2D eigenvalue weighted by molar-refractivity contribution is 6.01. The highest BCUT2D eigenvalue weighted by Gasteiger charge is 2.18. The van der Waals surface area contributed by atoms with Crippen LogP contribution in [0.1, 0.15) is 5.56 Å². The maximum Gasteiger partial charge on any atom is 0.268 e. The van der Waals surface area contributed by atoms with Crippen LogP contribution in [0.4, 0.5) is 5.69 Å². The molecule has 140 valence electrons. The summed E-state index contributed by atoms with van der Waals surface area (Å²) in [5.74, 6) is -0.000661. The van der Waals surface area contributed by atoms with Crippen molar-refractivity contribution in [3.63, 3.8) is 0 Å². The fourth-order valence-electron chi connectivity index (χ4n) is 3.75. The molecule has 0 atom stereocenters. The molecule has 5 rings (SSSR count). The van der Waals surface area contributed by atoms with Gasteiger partial charge in [-0.05, 0) is 48.2 Å². The molecular formula is C25H18N2O2. The van der Waals surface area contributed by atoms with Gasteiger partial charge >= 0.3 is 0 Å². The van der Waals surface area contributed by atoms with Gasteiger partial charge in [0, 0.05) is 5.39 Å². The minimum Gasteiger partial charge on any atom is -0.506 e. The molecular weight excluding hydrogens is 360 g/mol. The van der Waals surface area contributed by atoms with E-state index in [1.807, 2.05) is 91.9 Å². The predicted molar refractivity (Wildman–Crippen MR) is 116 cm³/mol. The molecule has 29 heavy (non-hydrogen) atoms. The molecule has 2 aromatic heterocycles. The number of benzene rings is 3. The zero-order chi connectivity index (χ0) is 20.0. The summed E-state index contributed by atoms with van der Waals surface area (Å²) in [6.45, 7) is 2.02. The van der Waals surface area contributed by atoms with Gasteiger partial charge in [-0.25, -0.2) is 4.99 Å². The van der Waals surface area contributed by atoms with Crippen LogP contribution in [0.5, 0.6) is 5.75 Å². The van der Waals surface area contributed by atoms with Crippen molar-refractivity contribution >= 4 is 22.0 Å². The Balaban J connectivity index is 1.96. The van der Waals surface area contributed by atoms with Crippen LogP contribution < -0.4 is 11.0 Å². The Labute approximate surface area is 167 Å². The quantitative estimate of drug-likeness (QED) is 0.480. The molecule has 0 bridgehead atoms. The third kappa shape index (κ3) is 2.77. The number of rotatable bonds is 2. The first-order chi connectivity index (χ1) is 14.1. The maximum atomic E-state index is 13.6. The standard InChI is InChI=1S/C25H18N2O2/c1-16-10-13-19(14-11-16)26-21-15-12-18-8-5-9-20-23(18)27(21)25(29)22(24(20)28)17-6-3-2-4-7-17/h2-15,28H,1H3. The van der Waals surface area contributed by atoms with E-state index in [1.165, 1.54) is 0 Å². The third-order valence-corrected chi connectivity index (χ3v) is 5.18. The van der Waals surface area contributed by atoms with Crippen LogP contribution in [0.25, 0.3) is 27.4 Å². The van der Waals surface area contributed by atoms with Crippen LogP contribution in [-0.2, 0) is 0 Å². The average molecular weight is 378 g/mol. The third-order valence-electron chi connectivity index (χ3n) is 5.18. The van der Waals surface area contributed by atoms with Gasteiger partial charge < -0.3 is 5.11 Å². The number of aromatic nitrogens is 1. The Morgan fingerprint density at radius 1 is 0.828 bits per heavy atom. The van der Waals surface area contributed by atoms with E-state index < -0.39 is 0 Å². The summed E-state index contributed by atoms with van der Waals surface area (Å²) < 4.78 is 1.60. The summed E-state index contributed by atoms with van der Waals surface area (Å²) in [5, 5.41) is 12.5. The van der Waals surface area contributed by atoms with Crippen molar-refractivity contribution in [3.8, 4) is 16.9 Å². The number of aromatic hydroxyl groups is 1. The number of hydrogen-bond donors (Lipinski definition) is 1. The Morgan fingerprint density at radius 3 is 2.34 bits per heavy atom. The van der Waals surface area contributed by atoms with E-state index in [-0.39, 0.29) is 16.9 Å². The van der Waals surface area contributed by atoms with Crippen molar-refractivity contribution in [3.05, 3.63) is 106 Å². The van der Waals surface area contributed by atoms with Crippen molar-refractivity contribution in [2.45, 2.75) is 6.92 Å². The SMILES string of the molecule is Cc1ccc(N=c2ccc3cccc4c(O)c(-c5ccccc5)c(=O)n2c34)cc1. The van der Waals surface area contributed by atoms with Gasteiger partial charge in [-0.1, -0.05) is 60.2 Å². The van der Waals surface area contributed by atoms with Gasteiger partial charge in [0.1, 0.15) is 11.2 Å². The highest BCUT2D eigenvalue weighted by atomic mass is 16.3. The lowest BCUT2D eigenvalue weighted by Crippen LogP contribution is -2.28. The first-order valence-electron chi connectivity index (χ1n) is 9.43. The Morgan fingerprint density at radius 2 is 1.59 bits per heavy atom. The Hall–Kier alpha value is -3.92. The summed E-state index contributed by atoms with van der Waals surface area (Å²) in [6, 6.07) is 26.5. The van der Waals surface area contributed by atoms with Crippen LogP contribution >= 0.6 is 0 Å². The Kier molecular flexibility index (Phi) is 3.91. The molecule has 5 aromatic rings. The Bertz CT molecular complexity index is 1470. The van der Waals surface area contributed by atoms with Gasteiger partial charge in [0.15, 0.2) is 0 Å². The molecule has 3 aromatic carbocycles. The molecule has 4 nitrogen and oxygen atoms in total. The van der Waals surface area contributed by atoms with Gasteiger partial charge in [0.2, 0.25) is 0 Å². The van der Waals surface area contributed by atoms with Crippen molar-refractivity contribution in [2.75, 3.05) is 0 Å². The smallest absolute Gasteiger partial charge is 0.268 e. The van der Waals surface area contributed by atoms with Gasteiger partial charge in [-0.3, -0.25) is 9.20 Å². The molecule has 0 aliphatic heterocycles. The molecule has 0 saturated heterocycles. The van der Waals surface area contributed by atoms with Gasteiger partial charge in [-0.2, -0.15) is 0 Å². The van der Waals surface area contributed by atoms with Gasteiger partial charge in [0.05, 0.1) is 16.8 Å². The van der Waals surface area contributed by atoms with Crippen LogP contribution in [0.15, 0.2) is 94.7 Å². The number of pyridine rings is 2. The summed E-state index contributed by atoms with van der Waals surface area (Å²) in [5.41, 5.74) is 3.78. The lowest BCUT2D eigenvalue weighted by Gasteiger charge is -2.13. The number of para-hydroxylation sites is 1. The molecule has 2 heterocycles. The number of nitrogens with zero attached hydrogens (tertiary/aromatic N) is 2. The zero-order valence-electron chi connectivity index (χ0n) is 15.8. The summed E-state index contributed by atoms with van der Waals surface area (Å²) in [4.78, 5) is 18.3. The molecule has 4 heteroatoms. The second kappa shape index (κ2) is 6.60. The van der Waals surface area contributed by atoms with Crippen LogP contribution in [0.2, 0.25) is 0 Å². The first-order valence-corrected chi connectivity index (χ1v) is 9.43. The molecule has 0 aliphatic carbocycles. The second-order valence-corrected chi connectivity index (χ2v) is 7.11. The van der Waals surface area contributed by atoms with E-state index in [9.17, 15) is 9.90 Å². The number of hydrogen-bond acceptors (Lipinski definition) is 3. The van der Waals surface area contributed by atoms with E-state index >= 15 is 0 Å². The maximum absolute atomic E-state index is 13.6. The van der Waals surface area contributed by atoms with Crippen molar-refractivity contribution < 1.29 is 5.11 Å². The summed E-state index contributed by atoms with van der Waals surface area (Å²) in [7, 11) is 0. The number of aryl methyl sites for hydroxylation is 1. The van der Waals surface area contributed by atoms with Crippen molar-refractivity contribution in [1.29, 1.82) is 0 Å². The van der Waals surface area contributed by atoms with E-state index in [0.717, 1.165) is 16.6 Å². The monoisotopic (exact) mass is 378 g/mol. The first kappa shape index (κ1) is 17.2. The van der Waals surface area contributed by atoms with Crippen molar-refractivity contribution in [2.24, 2.45) is 4.99 Å². The summed E-state index contributed by atoms with van der Waals surface area (Å²) >= 11 is 0. The topological polar surface area (TPSA) is 54.1 Å². The van der Waals surface area contributed by atoms with Gasteiger partial charge in [0.25, 0.3) is 5.56 Å². The van der Waals surface area contributed by atoms with Crippen LogP contribution in [0.3, 0.4) is 0 Å². The minimum atomic E-state index is -0.288. The lowest BCUT2D eigenvalue weighted by atomic mass is 10.0. The lowest BCUT2D eigenvalue weighted by molar-refractivity contribution is 0.482. The van der Waals surface area contributed by atoms with E-state index in [4.69, 9.17) is 4.99 Å². The fourth-order valence-corrected chi connectivity index (χ4v) is 3.75. The molecule has 0 saturated carbocycles. The normalized spacial score (nSPS) is 12.1. The van der Waals surface area contributed by atoms with E-state index in [0.29, 0.717) is 22.0 Å². The van der Waals surface area contributed by atoms with Crippen molar-refractivity contribution in [1.82, 2.24) is 4.40 Å². The van der Waals surface area contributed by atoms with Crippen LogP contribution in [0, 0.1) is 6.92 Å². The van der Waals surface area contributed by atoms with Gasteiger partial charge in [-0.15, -0.1) is 0 Å². The van der Waals surface area contributed by atoms with E-state index in [2.05, 4.69) is 0 Å². The molecule has 1 N–H and O–H groups in total. The molecule has 0 unspecified atom stereocenters. The predicted octanol–water partition coefficient (Wildman–Crippen LogP) is 4.80. The molecule has 0 amide bonds. The highest BCUT2D eigenvalue weighted by Crippen LogP contribution is 2.34. The minimum absolute atomic E-state index is 0.000661. The zero-order valence-corrected chi connectivity index (χ0v) is 15.8. The summed E-state index contributed by atoms with van der Waals surface area (Å²) in [6.07, 6.45) is 0. The largest absolute Gasteiger partial charge is 0.506 e. The molecule has 0 spiro atoms. The molecule has 0 aliphatic rings. The second-order valence-electron chi connectivity index (χ2n) is 7.11. The fraction of sp³-hybridized carbons (Fsp3) is 0.0400.